The van der Waals surface area contributed by atoms with Crippen LogP contribution in [0.15, 0.2) is 24.3 Å². The number of rotatable bonds is 2. The van der Waals surface area contributed by atoms with E-state index in [1.165, 1.54) is 6.07 Å². The van der Waals surface area contributed by atoms with Crippen LogP contribution in [0.25, 0.3) is 0 Å². The number of halogens is 3. The number of hydrogen-bond acceptors (Lipinski definition) is 2. The second-order valence-corrected chi connectivity index (χ2v) is 5.15. The summed E-state index contributed by atoms with van der Waals surface area (Å²) in [6.07, 6.45) is -4.28. The van der Waals surface area contributed by atoms with E-state index >= 15 is 0 Å². The maximum Gasteiger partial charge on any atom is 0.418 e. The summed E-state index contributed by atoms with van der Waals surface area (Å²) >= 11 is 0. The van der Waals surface area contributed by atoms with Crippen molar-refractivity contribution in [2.24, 2.45) is 23.5 Å². The highest BCUT2D eigenvalue weighted by Gasteiger charge is 2.55. The molecule has 2 nitrogen and oxygen atoms in total. The number of hydrogen-bond donors (Lipinski definition) is 1. The maximum atomic E-state index is 12.9. The number of alkyl halides is 3. The monoisotopic (exact) mass is 256 g/mol. The van der Waals surface area contributed by atoms with E-state index in [4.69, 9.17) is 5.73 Å². The van der Waals surface area contributed by atoms with Crippen molar-refractivity contribution in [1.29, 1.82) is 0 Å². The van der Waals surface area contributed by atoms with Crippen LogP contribution < -0.4 is 10.6 Å². The van der Waals surface area contributed by atoms with Crippen LogP contribution in [-0.4, -0.2) is 19.6 Å². The van der Waals surface area contributed by atoms with Crippen LogP contribution in [0.5, 0.6) is 0 Å². The van der Waals surface area contributed by atoms with Crippen molar-refractivity contribution in [2.45, 2.75) is 6.18 Å². The van der Waals surface area contributed by atoms with Gasteiger partial charge in [-0.25, -0.2) is 0 Å². The Morgan fingerprint density at radius 3 is 2.33 bits per heavy atom. The van der Waals surface area contributed by atoms with E-state index in [-0.39, 0.29) is 0 Å². The minimum Gasteiger partial charge on any atom is -0.370 e. The molecule has 1 aliphatic carbocycles. The molecule has 2 fully saturated rings. The van der Waals surface area contributed by atoms with Crippen molar-refractivity contribution in [3.63, 3.8) is 0 Å². The van der Waals surface area contributed by atoms with Gasteiger partial charge in [0.05, 0.1) is 5.56 Å². The molecule has 1 aromatic rings. The van der Waals surface area contributed by atoms with E-state index < -0.39 is 11.7 Å². The van der Waals surface area contributed by atoms with Crippen LogP contribution >= 0.6 is 0 Å². The van der Waals surface area contributed by atoms with Crippen molar-refractivity contribution in [3.8, 4) is 0 Å². The van der Waals surface area contributed by atoms with Crippen molar-refractivity contribution >= 4 is 5.69 Å². The average Bonchev–Trinajstić information content (AvgIpc) is 2.80. The van der Waals surface area contributed by atoms with Crippen molar-refractivity contribution in [1.82, 2.24) is 0 Å². The summed E-state index contributed by atoms with van der Waals surface area (Å²) in [5.41, 5.74) is 5.39. The molecule has 1 aromatic carbocycles. The highest BCUT2D eigenvalue weighted by molar-refractivity contribution is 5.56. The average molecular weight is 256 g/mol. The van der Waals surface area contributed by atoms with Crippen LogP contribution in [0, 0.1) is 17.8 Å². The quantitative estimate of drug-likeness (QED) is 0.880. The lowest BCUT2D eigenvalue weighted by atomic mass is 10.1. The number of fused-ring (bicyclic) bond motifs is 1. The van der Waals surface area contributed by atoms with E-state index in [1.807, 2.05) is 4.90 Å². The topological polar surface area (TPSA) is 29.3 Å². The number of para-hydroxylation sites is 1. The highest BCUT2D eigenvalue weighted by atomic mass is 19.4. The molecule has 0 aromatic heterocycles. The molecule has 0 amide bonds. The molecule has 98 valence electrons. The van der Waals surface area contributed by atoms with Gasteiger partial charge >= 0.3 is 6.18 Å². The Hall–Kier alpha value is -1.23. The van der Waals surface area contributed by atoms with E-state index in [9.17, 15) is 13.2 Å². The lowest BCUT2D eigenvalue weighted by Crippen LogP contribution is -2.28. The minimum atomic E-state index is -4.28. The fraction of sp³-hybridized carbons (Fsp3) is 0.538. The molecule has 0 bridgehead atoms. The van der Waals surface area contributed by atoms with Crippen LogP contribution in [0.3, 0.4) is 0 Å². The van der Waals surface area contributed by atoms with Gasteiger partial charge in [0.2, 0.25) is 0 Å². The van der Waals surface area contributed by atoms with Crippen molar-refractivity contribution < 1.29 is 13.2 Å². The Morgan fingerprint density at radius 1 is 1.17 bits per heavy atom. The molecule has 1 aliphatic heterocycles. The summed E-state index contributed by atoms with van der Waals surface area (Å²) in [5.74, 6) is 1.52. The first-order valence-electron chi connectivity index (χ1n) is 6.13. The SMILES string of the molecule is NCC1C2CN(c3ccccc3C(F)(F)F)CC12. The Labute approximate surface area is 104 Å². The molecular weight excluding hydrogens is 241 g/mol. The Bertz CT molecular complexity index is 446. The standard InChI is InChI=1S/C13H15F3N2/c14-13(15,16)11-3-1-2-4-12(11)18-6-9-8(5-17)10(9)7-18/h1-4,8-10H,5-7,17H2. The van der Waals surface area contributed by atoms with E-state index in [0.29, 0.717) is 43.1 Å². The zero-order valence-corrected chi connectivity index (χ0v) is 9.82. The summed E-state index contributed by atoms with van der Waals surface area (Å²) in [6, 6.07) is 5.81. The Morgan fingerprint density at radius 2 is 1.78 bits per heavy atom. The third-order valence-corrected chi connectivity index (χ3v) is 4.19. The van der Waals surface area contributed by atoms with E-state index in [0.717, 1.165) is 6.07 Å². The summed E-state index contributed by atoms with van der Waals surface area (Å²) in [5, 5.41) is 0. The number of benzene rings is 1. The minimum absolute atomic E-state index is 0.313. The first-order valence-corrected chi connectivity index (χ1v) is 6.13. The van der Waals surface area contributed by atoms with Gasteiger partial charge < -0.3 is 10.6 Å². The molecule has 3 rings (SSSR count). The smallest absolute Gasteiger partial charge is 0.370 e. The highest BCUT2D eigenvalue weighted by Crippen LogP contribution is 2.52. The van der Waals surface area contributed by atoms with Gasteiger partial charge in [-0.15, -0.1) is 0 Å². The zero-order valence-electron chi connectivity index (χ0n) is 9.82. The van der Waals surface area contributed by atoms with Crippen molar-refractivity contribution in [3.05, 3.63) is 29.8 Å². The molecule has 1 saturated heterocycles. The molecule has 1 heterocycles. The van der Waals surface area contributed by atoms with Gasteiger partial charge in [-0.2, -0.15) is 13.2 Å². The van der Waals surface area contributed by atoms with Crippen LogP contribution in [0.4, 0.5) is 18.9 Å². The molecule has 0 spiro atoms. The number of piperidine rings is 1. The second kappa shape index (κ2) is 3.88. The van der Waals surface area contributed by atoms with Gasteiger partial charge in [0.25, 0.3) is 0 Å². The fourth-order valence-electron chi connectivity index (χ4n) is 3.18. The van der Waals surface area contributed by atoms with Gasteiger partial charge in [0.1, 0.15) is 0 Å². The van der Waals surface area contributed by atoms with Gasteiger partial charge in [0.15, 0.2) is 0 Å². The normalized spacial score (nSPS) is 30.4. The fourth-order valence-corrected chi connectivity index (χ4v) is 3.18. The van der Waals surface area contributed by atoms with E-state index in [1.54, 1.807) is 12.1 Å². The molecule has 2 atom stereocenters. The molecule has 0 radical (unpaired) electrons. The van der Waals surface area contributed by atoms with Gasteiger partial charge in [-0.3, -0.25) is 0 Å². The first kappa shape index (κ1) is 11.8. The van der Waals surface area contributed by atoms with Gasteiger partial charge in [-0.1, -0.05) is 12.1 Å². The van der Waals surface area contributed by atoms with Gasteiger partial charge in [-0.05, 0) is 36.4 Å². The Balaban J connectivity index is 1.83. The lowest BCUT2D eigenvalue weighted by molar-refractivity contribution is -0.137. The molecule has 2 N–H and O–H groups in total. The molecule has 2 aliphatic rings. The molecule has 1 saturated carbocycles. The first-order chi connectivity index (χ1) is 8.52. The summed E-state index contributed by atoms with van der Waals surface area (Å²) in [6.45, 7) is 2.07. The molecule has 5 heteroatoms. The Kier molecular flexibility index (Phi) is 2.55. The van der Waals surface area contributed by atoms with Gasteiger partial charge in [0, 0.05) is 18.8 Å². The summed E-state index contributed by atoms with van der Waals surface area (Å²) in [4.78, 5) is 1.85. The van der Waals surface area contributed by atoms with Crippen LogP contribution in [-0.2, 0) is 6.18 Å². The van der Waals surface area contributed by atoms with E-state index in [2.05, 4.69) is 0 Å². The van der Waals surface area contributed by atoms with Crippen LogP contribution in [0.1, 0.15) is 5.56 Å². The van der Waals surface area contributed by atoms with Crippen LogP contribution in [0.2, 0.25) is 0 Å². The lowest BCUT2D eigenvalue weighted by Gasteiger charge is -2.25. The predicted octanol–water partition coefficient (Wildman–Crippen LogP) is 2.35. The maximum absolute atomic E-state index is 12.9. The predicted molar refractivity (Wildman–Crippen MR) is 63.2 cm³/mol. The number of nitrogens with two attached hydrogens (primary N) is 1. The third-order valence-electron chi connectivity index (χ3n) is 4.19. The summed E-state index contributed by atoms with van der Waals surface area (Å²) in [7, 11) is 0. The number of anilines is 1. The number of nitrogens with zero attached hydrogens (tertiary/aromatic N) is 1. The summed E-state index contributed by atoms with van der Waals surface area (Å²) < 4.78 is 38.7. The third kappa shape index (κ3) is 1.77. The van der Waals surface area contributed by atoms with Crippen molar-refractivity contribution in [2.75, 3.05) is 24.5 Å². The molecule has 2 unspecified atom stereocenters. The second-order valence-electron chi connectivity index (χ2n) is 5.15. The zero-order chi connectivity index (χ0) is 12.9. The largest absolute Gasteiger partial charge is 0.418 e. The molecular formula is C13H15F3N2. The molecule has 18 heavy (non-hydrogen) atoms.